The minimum Gasteiger partial charge on any atom is -0.444 e. The molecule has 1 aromatic rings. The van der Waals surface area contributed by atoms with E-state index in [-0.39, 0.29) is 5.96 Å². The van der Waals surface area contributed by atoms with Crippen molar-refractivity contribution in [2.75, 3.05) is 0 Å². The molecule has 60 valence electrons. The Balaban J connectivity index is 2.58. The van der Waals surface area contributed by atoms with Gasteiger partial charge in [-0.2, -0.15) is 0 Å². The molecule has 1 aromatic heterocycles. The number of nitrogens with two attached hydrogens (primary N) is 2. The summed E-state index contributed by atoms with van der Waals surface area (Å²) in [6.45, 7) is 2.11. The quantitative estimate of drug-likeness (QED) is 0.454. The fraction of sp³-hybridized carbons (Fsp3) is 0.333. The highest BCUT2D eigenvalue weighted by atomic mass is 16.4. The van der Waals surface area contributed by atoms with E-state index in [1.54, 1.807) is 13.1 Å². The highest BCUT2D eigenvalue weighted by molar-refractivity contribution is 5.75. The zero-order valence-electron chi connectivity index (χ0n) is 6.24. The minimum atomic E-state index is 0.0547. The van der Waals surface area contributed by atoms with Gasteiger partial charge in [0.15, 0.2) is 11.9 Å². The zero-order chi connectivity index (χ0) is 8.27. The molecule has 4 N–H and O–H groups in total. The lowest BCUT2D eigenvalue weighted by atomic mass is 10.5. The molecule has 0 aliphatic carbocycles. The predicted molar refractivity (Wildman–Crippen MR) is 40.8 cm³/mol. The van der Waals surface area contributed by atoms with Gasteiger partial charge in [-0.3, -0.25) is 0 Å². The van der Waals surface area contributed by atoms with E-state index in [0.29, 0.717) is 18.2 Å². The van der Waals surface area contributed by atoms with Crippen molar-refractivity contribution >= 4 is 5.96 Å². The Morgan fingerprint density at radius 1 is 1.73 bits per heavy atom. The van der Waals surface area contributed by atoms with Crippen LogP contribution in [0.1, 0.15) is 11.7 Å². The summed E-state index contributed by atoms with van der Waals surface area (Å²) in [6.07, 6.45) is 1.60. The van der Waals surface area contributed by atoms with Gasteiger partial charge in [0.05, 0.1) is 6.20 Å². The third kappa shape index (κ3) is 2.29. The third-order valence-electron chi connectivity index (χ3n) is 1.09. The van der Waals surface area contributed by atoms with Crippen LogP contribution in [0.5, 0.6) is 0 Å². The van der Waals surface area contributed by atoms with E-state index >= 15 is 0 Å². The highest BCUT2D eigenvalue weighted by Gasteiger charge is 1.96. The third-order valence-corrected chi connectivity index (χ3v) is 1.09. The molecule has 0 amide bonds. The average Bonchev–Trinajstić information content (AvgIpc) is 2.31. The van der Waals surface area contributed by atoms with Crippen LogP contribution in [0.15, 0.2) is 15.6 Å². The Morgan fingerprint density at radius 2 is 2.45 bits per heavy atom. The van der Waals surface area contributed by atoms with E-state index < -0.39 is 0 Å². The van der Waals surface area contributed by atoms with Crippen LogP contribution in [0.3, 0.4) is 0 Å². The second-order valence-corrected chi connectivity index (χ2v) is 2.09. The molecule has 1 heterocycles. The normalized spacial score (nSPS) is 9.55. The lowest BCUT2D eigenvalue weighted by Crippen LogP contribution is -2.22. The molecule has 0 spiro atoms. The van der Waals surface area contributed by atoms with Crippen LogP contribution in [0.25, 0.3) is 0 Å². The van der Waals surface area contributed by atoms with E-state index in [0.717, 1.165) is 0 Å². The van der Waals surface area contributed by atoms with Gasteiger partial charge in [0.2, 0.25) is 0 Å². The van der Waals surface area contributed by atoms with Gasteiger partial charge >= 0.3 is 0 Å². The van der Waals surface area contributed by atoms with E-state index in [1.807, 2.05) is 0 Å². The second kappa shape index (κ2) is 3.05. The predicted octanol–water partition coefficient (Wildman–Crippen LogP) is -0.244. The molecule has 0 aromatic carbocycles. The fourth-order valence-corrected chi connectivity index (χ4v) is 0.648. The maximum Gasteiger partial charge on any atom is 0.191 e. The van der Waals surface area contributed by atoms with E-state index in [4.69, 9.17) is 15.9 Å². The molecule has 5 nitrogen and oxygen atoms in total. The van der Waals surface area contributed by atoms with Gasteiger partial charge in [0.1, 0.15) is 12.3 Å². The van der Waals surface area contributed by atoms with E-state index in [1.165, 1.54) is 0 Å². The zero-order valence-corrected chi connectivity index (χ0v) is 6.24. The van der Waals surface area contributed by atoms with Gasteiger partial charge in [0.25, 0.3) is 0 Å². The molecule has 0 saturated heterocycles. The van der Waals surface area contributed by atoms with Crippen molar-refractivity contribution in [1.82, 2.24) is 4.98 Å². The van der Waals surface area contributed by atoms with Crippen LogP contribution in [0.4, 0.5) is 0 Å². The Kier molecular flexibility index (Phi) is 2.10. The number of hydrogen-bond donors (Lipinski definition) is 2. The summed E-state index contributed by atoms with van der Waals surface area (Å²) in [5.41, 5.74) is 10.2. The first kappa shape index (κ1) is 7.59. The molecule has 0 fully saturated rings. The van der Waals surface area contributed by atoms with Crippen LogP contribution in [-0.4, -0.2) is 10.9 Å². The lowest BCUT2D eigenvalue weighted by Gasteiger charge is -1.89. The number of aliphatic imine (C=N–C) groups is 1. The highest BCUT2D eigenvalue weighted by Crippen LogP contribution is 2.02. The number of aromatic nitrogens is 1. The minimum absolute atomic E-state index is 0.0547. The Morgan fingerprint density at radius 3 is 2.91 bits per heavy atom. The van der Waals surface area contributed by atoms with Crippen LogP contribution in [0.2, 0.25) is 0 Å². The maximum absolute atomic E-state index is 5.11. The number of aryl methyl sites for hydroxylation is 1. The van der Waals surface area contributed by atoms with E-state index in [2.05, 4.69) is 9.98 Å². The number of rotatable bonds is 2. The maximum atomic E-state index is 5.11. The van der Waals surface area contributed by atoms with E-state index in [9.17, 15) is 0 Å². The number of guanidine groups is 1. The van der Waals surface area contributed by atoms with Crippen molar-refractivity contribution in [3.63, 3.8) is 0 Å². The second-order valence-electron chi connectivity index (χ2n) is 2.09. The molecule has 11 heavy (non-hydrogen) atoms. The smallest absolute Gasteiger partial charge is 0.191 e. The first-order valence-corrected chi connectivity index (χ1v) is 3.15. The van der Waals surface area contributed by atoms with Crippen LogP contribution in [0, 0.1) is 6.92 Å². The van der Waals surface area contributed by atoms with Gasteiger partial charge in [-0.15, -0.1) is 0 Å². The largest absolute Gasteiger partial charge is 0.444 e. The summed E-state index contributed by atoms with van der Waals surface area (Å²) in [4.78, 5) is 7.62. The number of oxazole rings is 1. The standard InChI is InChI=1S/C6H10N4O/c1-4-9-2-5(11-4)3-10-6(7)8/h2H,3H2,1H3,(H4,7,8,10). The SMILES string of the molecule is Cc1ncc(CN=C(N)N)o1. The summed E-state index contributed by atoms with van der Waals surface area (Å²) >= 11 is 0. The molecule has 0 unspecified atom stereocenters. The first-order chi connectivity index (χ1) is 5.18. The van der Waals surface area contributed by atoms with Crippen molar-refractivity contribution in [1.29, 1.82) is 0 Å². The van der Waals surface area contributed by atoms with Crippen LogP contribution in [-0.2, 0) is 6.54 Å². The summed E-state index contributed by atoms with van der Waals surface area (Å²) in [7, 11) is 0. The van der Waals surface area contributed by atoms with Crippen molar-refractivity contribution in [2.24, 2.45) is 16.5 Å². The lowest BCUT2D eigenvalue weighted by molar-refractivity contribution is 0.477. The van der Waals surface area contributed by atoms with Gasteiger partial charge in [-0.1, -0.05) is 0 Å². The molecule has 0 saturated carbocycles. The molecule has 0 bridgehead atoms. The number of hydrogen-bond acceptors (Lipinski definition) is 3. The summed E-state index contributed by atoms with van der Waals surface area (Å²) < 4.78 is 5.10. The molecule has 5 heteroatoms. The van der Waals surface area contributed by atoms with Crippen molar-refractivity contribution in [3.05, 3.63) is 17.8 Å². The molecular weight excluding hydrogens is 144 g/mol. The Bertz CT molecular complexity index is 261. The van der Waals surface area contributed by atoms with Crippen molar-refractivity contribution < 1.29 is 4.42 Å². The van der Waals surface area contributed by atoms with Crippen molar-refractivity contribution in [3.8, 4) is 0 Å². The Labute approximate surface area is 64.1 Å². The Hall–Kier alpha value is -1.52. The molecule has 0 aliphatic heterocycles. The topological polar surface area (TPSA) is 90.4 Å². The summed E-state index contributed by atoms with van der Waals surface area (Å²) in [6, 6.07) is 0. The molecule has 0 aliphatic rings. The average molecular weight is 154 g/mol. The molecule has 0 radical (unpaired) electrons. The fourth-order valence-electron chi connectivity index (χ4n) is 0.648. The van der Waals surface area contributed by atoms with Gasteiger partial charge in [-0.25, -0.2) is 9.98 Å². The molecule has 1 rings (SSSR count). The number of nitrogens with zero attached hydrogens (tertiary/aromatic N) is 2. The summed E-state index contributed by atoms with van der Waals surface area (Å²) in [5.74, 6) is 1.33. The van der Waals surface area contributed by atoms with Crippen LogP contribution < -0.4 is 11.5 Å². The van der Waals surface area contributed by atoms with Gasteiger partial charge in [-0.05, 0) is 0 Å². The van der Waals surface area contributed by atoms with Gasteiger partial charge < -0.3 is 15.9 Å². The van der Waals surface area contributed by atoms with Crippen molar-refractivity contribution in [2.45, 2.75) is 13.5 Å². The van der Waals surface area contributed by atoms with Gasteiger partial charge in [0, 0.05) is 6.92 Å². The summed E-state index contributed by atoms with van der Waals surface area (Å²) in [5, 5.41) is 0. The van der Waals surface area contributed by atoms with Crippen LogP contribution >= 0.6 is 0 Å². The first-order valence-electron chi connectivity index (χ1n) is 3.15. The monoisotopic (exact) mass is 154 g/mol. The molecule has 0 atom stereocenters. The molecular formula is C6H10N4O.